The van der Waals surface area contributed by atoms with Crippen LogP contribution >= 0.6 is 22.6 Å². The van der Waals surface area contributed by atoms with E-state index in [4.69, 9.17) is 0 Å². The van der Waals surface area contributed by atoms with Crippen molar-refractivity contribution in [3.05, 3.63) is 44.8 Å². The van der Waals surface area contributed by atoms with Crippen molar-refractivity contribution in [2.75, 3.05) is 0 Å². The summed E-state index contributed by atoms with van der Waals surface area (Å²) in [6, 6.07) is 6.81. The summed E-state index contributed by atoms with van der Waals surface area (Å²) in [5.41, 5.74) is 2.37. The molecule has 1 unspecified atom stereocenters. The number of halogens is 1. The van der Waals surface area contributed by atoms with Gasteiger partial charge in [0.2, 0.25) is 0 Å². The number of aromatic amines is 1. The summed E-state index contributed by atoms with van der Waals surface area (Å²) in [7, 11) is 0. The molecule has 20 heavy (non-hydrogen) atoms. The van der Waals surface area contributed by atoms with Crippen molar-refractivity contribution in [1.82, 2.24) is 15.5 Å². The van der Waals surface area contributed by atoms with E-state index in [0.717, 1.165) is 15.0 Å². The smallest absolute Gasteiger partial charge is 0.251 e. The van der Waals surface area contributed by atoms with Gasteiger partial charge in [-0.05, 0) is 60.7 Å². The molecule has 0 aliphatic heterocycles. The summed E-state index contributed by atoms with van der Waals surface area (Å²) in [5.74, 6) is -0.0784. The van der Waals surface area contributed by atoms with Crippen LogP contribution in [0.2, 0.25) is 0 Å². The molecule has 0 fully saturated rings. The standard InChI is InChI=1S/C14H16IN3O2/c1-8(5-11-6-9(2)17-18-11)16-14(20)10-3-4-12(15)13(19)7-10/h3-4,6-8,19H,5H2,1-2H3,(H,16,20)(H,17,18). The maximum absolute atomic E-state index is 12.1. The van der Waals surface area contributed by atoms with Crippen LogP contribution in [0.15, 0.2) is 24.3 Å². The Bertz CT molecular complexity index is 625. The first-order valence-corrected chi connectivity index (χ1v) is 7.34. The van der Waals surface area contributed by atoms with Crippen molar-refractivity contribution < 1.29 is 9.90 Å². The molecular formula is C14H16IN3O2. The van der Waals surface area contributed by atoms with Crippen molar-refractivity contribution in [3.63, 3.8) is 0 Å². The van der Waals surface area contributed by atoms with Crippen LogP contribution in [0.4, 0.5) is 0 Å². The predicted molar refractivity (Wildman–Crippen MR) is 84.8 cm³/mol. The lowest BCUT2D eigenvalue weighted by molar-refractivity contribution is 0.0939. The summed E-state index contributed by atoms with van der Waals surface area (Å²) in [5, 5.41) is 19.5. The molecule has 0 radical (unpaired) electrons. The molecule has 1 aromatic heterocycles. The lowest BCUT2D eigenvalue weighted by Gasteiger charge is -2.13. The van der Waals surface area contributed by atoms with E-state index >= 15 is 0 Å². The third kappa shape index (κ3) is 3.72. The fraction of sp³-hybridized carbons (Fsp3) is 0.286. The van der Waals surface area contributed by atoms with Gasteiger partial charge in [0.25, 0.3) is 5.91 Å². The number of benzene rings is 1. The van der Waals surface area contributed by atoms with Gasteiger partial charge in [-0.1, -0.05) is 0 Å². The minimum atomic E-state index is -0.198. The van der Waals surface area contributed by atoms with Crippen LogP contribution in [0.3, 0.4) is 0 Å². The zero-order chi connectivity index (χ0) is 14.7. The molecule has 106 valence electrons. The van der Waals surface area contributed by atoms with Crippen molar-refractivity contribution >= 4 is 28.5 Å². The first-order chi connectivity index (χ1) is 9.45. The third-order valence-electron chi connectivity index (χ3n) is 2.86. The van der Waals surface area contributed by atoms with Crippen molar-refractivity contribution in [3.8, 4) is 5.75 Å². The molecule has 1 amide bonds. The molecule has 5 nitrogen and oxygen atoms in total. The minimum absolute atomic E-state index is 0.0355. The molecule has 1 heterocycles. The second-order valence-electron chi connectivity index (χ2n) is 4.79. The Balaban J connectivity index is 1.98. The molecule has 0 saturated heterocycles. The Hall–Kier alpha value is -1.57. The minimum Gasteiger partial charge on any atom is -0.507 e. The summed E-state index contributed by atoms with van der Waals surface area (Å²) in [6.07, 6.45) is 0.659. The van der Waals surface area contributed by atoms with E-state index < -0.39 is 0 Å². The van der Waals surface area contributed by atoms with Gasteiger partial charge in [0.15, 0.2) is 0 Å². The molecule has 1 atom stereocenters. The van der Waals surface area contributed by atoms with Gasteiger partial charge in [-0.2, -0.15) is 5.10 Å². The van der Waals surface area contributed by atoms with Gasteiger partial charge in [-0.25, -0.2) is 0 Å². The van der Waals surface area contributed by atoms with E-state index in [0.29, 0.717) is 12.0 Å². The van der Waals surface area contributed by atoms with Crippen LogP contribution in [0.1, 0.15) is 28.7 Å². The number of nitrogens with zero attached hydrogens (tertiary/aromatic N) is 1. The Kier molecular flexibility index (Phi) is 4.64. The highest BCUT2D eigenvalue weighted by molar-refractivity contribution is 14.1. The van der Waals surface area contributed by atoms with Gasteiger partial charge >= 0.3 is 0 Å². The maximum Gasteiger partial charge on any atom is 0.251 e. The summed E-state index contributed by atoms with van der Waals surface area (Å²) < 4.78 is 0.721. The Labute approximate surface area is 130 Å². The molecule has 0 aliphatic rings. The van der Waals surface area contributed by atoms with Crippen LogP contribution in [0.5, 0.6) is 5.75 Å². The number of phenolic OH excluding ortho intramolecular Hbond substituents is 1. The molecule has 0 spiro atoms. The Morgan fingerprint density at radius 1 is 1.50 bits per heavy atom. The highest BCUT2D eigenvalue weighted by Gasteiger charge is 2.12. The molecule has 3 N–H and O–H groups in total. The van der Waals surface area contributed by atoms with E-state index in [1.165, 1.54) is 6.07 Å². The maximum atomic E-state index is 12.1. The summed E-state index contributed by atoms with van der Waals surface area (Å²) in [6.45, 7) is 3.86. The fourth-order valence-electron chi connectivity index (χ4n) is 1.90. The number of aromatic hydroxyl groups is 1. The van der Waals surface area contributed by atoms with Crippen LogP contribution in [0.25, 0.3) is 0 Å². The van der Waals surface area contributed by atoms with Gasteiger partial charge in [0.1, 0.15) is 5.75 Å². The number of carbonyl (C=O) groups is 1. The predicted octanol–water partition coefficient (Wildman–Crippen LogP) is 2.39. The largest absolute Gasteiger partial charge is 0.507 e. The van der Waals surface area contributed by atoms with E-state index in [1.54, 1.807) is 12.1 Å². The second kappa shape index (κ2) is 6.25. The van der Waals surface area contributed by atoms with Crippen LogP contribution in [-0.2, 0) is 6.42 Å². The van der Waals surface area contributed by atoms with E-state index in [1.807, 2.05) is 42.5 Å². The molecule has 6 heteroatoms. The third-order valence-corrected chi connectivity index (χ3v) is 3.77. The van der Waals surface area contributed by atoms with Crippen molar-refractivity contribution in [2.24, 2.45) is 0 Å². The van der Waals surface area contributed by atoms with E-state index in [2.05, 4.69) is 15.5 Å². The number of phenols is 1. The quantitative estimate of drug-likeness (QED) is 0.708. The second-order valence-corrected chi connectivity index (χ2v) is 5.95. The number of hydrogen-bond acceptors (Lipinski definition) is 3. The number of rotatable bonds is 4. The van der Waals surface area contributed by atoms with Gasteiger partial charge in [-0.15, -0.1) is 0 Å². The van der Waals surface area contributed by atoms with Crippen molar-refractivity contribution in [2.45, 2.75) is 26.3 Å². The number of nitrogens with one attached hydrogen (secondary N) is 2. The topological polar surface area (TPSA) is 78.0 Å². The number of aryl methyl sites for hydroxylation is 1. The first-order valence-electron chi connectivity index (χ1n) is 6.26. The summed E-state index contributed by atoms with van der Waals surface area (Å²) >= 11 is 2.01. The number of hydrogen-bond donors (Lipinski definition) is 3. The van der Waals surface area contributed by atoms with Crippen LogP contribution < -0.4 is 5.32 Å². The van der Waals surface area contributed by atoms with Gasteiger partial charge in [0.05, 0.1) is 9.26 Å². The SMILES string of the molecule is Cc1cc(CC(C)NC(=O)c2ccc(I)c(O)c2)n[nH]1. The van der Waals surface area contributed by atoms with Gasteiger partial charge < -0.3 is 10.4 Å². The lowest BCUT2D eigenvalue weighted by atomic mass is 10.1. The van der Waals surface area contributed by atoms with Gasteiger partial charge in [0, 0.05) is 23.7 Å². The molecular weight excluding hydrogens is 369 g/mol. The number of H-pyrrole nitrogens is 1. The molecule has 0 bridgehead atoms. The van der Waals surface area contributed by atoms with E-state index in [9.17, 15) is 9.90 Å². The first kappa shape index (κ1) is 14.8. The zero-order valence-corrected chi connectivity index (χ0v) is 13.4. The van der Waals surface area contributed by atoms with Crippen molar-refractivity contribution in [1.29, 1.82) is 0 Å². The molecule has 0 saturated carbocycles. The van der Waals surface area contributed by atoms with Crippen LogP contribution in [-0.4, -0.2) is 27.3 Å². The molecule has 0 aliphatic carbocycles. The normalized spacial score (nSPS) is 12.2. The molecule has 2 rings (SSSR count). The monoisotopic (exact) mass is 385 g/mol. The average molecular weight is 385 g/mol. The number of amides is 1. The zero-order valence-electron chi connectivity index (χ0n) is 11.3. The average Bonchev–Trinajstić information content (AvgIpc) is 2.77. The Morgan fingerprint density at radius 3 is 2.85 bits per heavy atom. The number of carbonyl (C=O) groups excluding carboxylic acids is 1. The number of aromatic nitrogens is 2. The highest BCUT2D eigenvalue weighted by Crippen LogP contribution is 2.20. The summed E-state index contributed by atoms with van der Waals surface area (Å²) in [4.78, 5) is 12.1. The molecule has 2 aromatic rings. The lowest BCUT2D eigenvalue weighted by Crippen LogP contribution is -2.34. The van der Waals surface area contributed by atoms with Gasteiger partial charge in [-0.3, -0.25) is 9.89 Å². The van der Waals surface area contributed by atoms with Crippen LogP contribution in [0, 0.1) is 10.5 Å². The fourth-order valence-corrected chi connectivity index (χ4v) is 2.24. The van der Waals surface area contributed by atoms with E-state index in [-0.39, 0.29) is 17.7 Å². The molecule has 1 aromatic carbocycles. The highest BCUT2D eigenvalue weighted by atomic mass is 127. The Morgan fingerprint density at radius 2 is 2.25 bits per heavy atom.